The van der Waals surface area contributed by atoms with Crippen molar-refractivity contribution in [1.82, 2.24) is 4.90 Å². The van der Waals surface area contributed by atoms with Gasteiger partial charge in [0.25, 0.3) is 0 Å². The number of nitrogens with zero attached hydrogens (tertiary/aromatic N) is 1. The van der Waals surface area contributed by atoms with Gasteiger partial charge in [-0.15, -0.1) is 0 Å². The first-order chi connectivity index (χ1) is 12.0. The molecular weight excluding hydrogens is 314 g/mol. The van der Waals surface area contributed by atoms with Gasteiger partial charge in [-0.05, 0) is 42.5 Å². The molecule has 3 rings (SSSR count). The number of hydrogen-bond acceptors (Lipinski definition) is 2. The molecule has 0 fully saturated rings. The van der Waals surface area contributed by atoms with E-state index in [9.17, 15) is 9.59 Å². The smallest absolute Gasteiger partial charge is 0.303 e. The molecule has 0 saturated heterocycles. The molecule has 0 spiro atoms. The summed E-state index contributed by atoms with van der Waals surface area (Å²) in [6.45, 7) is 4.81. The lowest BCUT2D eigenvalue weighted by atomic mass is 9.84. The predicted molar refractivity (Wildman–Crippen MR) is 96.5 cm³/mol. The summed E-state index contributed by atoms with van der Waals surface area (Å²) in [5.74, 6) is -1.03. The number of carboxylic acids is 1. The summed E-state index contributed by atoms with van der Waals surface area (Å²) in [7, 11) is 0. The molecule has 1 amide bonds. The van der Waals surface area contributed by atoms with Crippen molar-refractivity contribution in [2.24, 2.45) is 0 Å². The molecule has 4 nitrogen and oxygen atoms in total. The van der Waals surface area contributed by atoms with E-state index < -0.39 is 5.97 Å². The Balaban J connectivity index is 2.04. The van der Waals surface area contributed by atoms with E-state index >= 15 is 0 Å². The SMILES string of the molecule is Cc1cc(C)c2c(c1)C(c1ccccc1)N(C(=O)CCC(=O)O)CC2. The molecule has 1 heterocycles. The maximum Gasteiger partial charge on any atom is 0.303 e. The predicted octanol–water partition coefficient (Wildman–Crippen LogP) is 3.64. The van der Waals surface area contributed by atoms with Crippen LogP contribution in [0.25, 0.3) is 0 Å². The van der Waals surface area contributed by atoms with Crippen LogP contribution in [-0.2, 0) is 16.0 Å². The van der Waals surface area contributed by atoms with Gasteiger partial charge in [0.1, 0.15) is 0 Å². The number of rotatable bonds is 4. The number of benzene rings is 2. The normalized spacial score (nSPS) is 16.4. The highest BCUT2D eigenvalue weighted by atomic mass is 16.4. The van der Waals surface area contributed by atoms with Crippen LogP contribution in [0.15, 0.2) is 42.5 Å². The third kappa shape index (κ3) is 3.58. The topological polar surface area (TPSA) is 57.6 Å². The van der Waals surface area contributed by atoms with Gasteiger partial charge in [-0.2, -0.15) is 0 Å². The molecule has 0 radical (unpaired) electrons. The van der Waals surface area contributed by atoms with Crippen LogP contribution in [0.3, 0.4) is 0 Å². The van der Waals surface area contributed by atoms with E-state index in [1.54, 1.807) is 0 Å². The van der Waals surface area contributed by atoms with Crippen LogP contribution < -0.4 is 0 Å². The Kier molecular flexibility index (Phi) is 4.88. The lowest BCUT2D eigenvalue weighted by Crippen LogP contribution is -2.41. The van der Waals surface area contributed by atoms with Gasteiger partial charge in [0.15, 0.2) is 0 Å². The van der Waals surface area contributed by atoms with Gasteiger partial charge in [-0.3, -0.25) is 9.59 Å². The number of carbonyl (C=O) groups excluding carboxylic acids is 1. The molecule has 1 unspecified atom stereocenters. The molecule has 2 aromatic carbocycles. The van der Waals surface area contributed by atoms with E-state index in [2.05, 4.69) is 26.0 Å². The van der Waals surface area contributed by atoms with Gasteiger partial charge < -0.3 is 10.0 Å². The zero-order chi connectivity index (χ0) is 18.0. The van der Waals surface area contributed by atoms with Crippen LogP contribution in [0.1, 0.15) is 46.7 Å². The minimum atomic E-state index is -0.936. The van der Waals surface area contributed by atoms with Crippen molar-refractivity contribution in [2.75, 3.05) is 6.54 Å². The number of aliphatic carboxylic acids is 1. The highest BCUT2D eigenvalue weighted by Gasteiger charge is 2.32. The second-order valence-electron chi connectivity index (χ2n) is 6.69. The second-order valence-corrected chi connectivity index (χ2v) is 6.69. The van der Waals surface area contributed by atoms with Crippen molar-refractivity contribution in [3.63, 3.8) is 0 Å². The molecule has 1 aliphatic heterocycles. The Morgan fingerprint density at radius 2 is 1.84 bits per heavy atom. The number of carbonyl (C=O) groups is 2. The van der Waals surface area contributed by atoms with Gasteiger partial charge >= 0.3 is 5.97 Å². The fraction of sp³-hybridized carbons (Fsp3) is 0.333. The third-order valence-corrected chi connectivity index (χ3v) is 4.85. The fourth-order valence-electron chi connectivity index (χ4n) is 3.77. The van der Waals surface area contributed by atoms with E-state index in [4.69, 9.17) is 5.11 Å². The van der Waals surface area contributed by atoms with Gasteiger partial charge in [0, 0.05) is 13.0 Å². The van der Waals surface area contributed by atoms with Gasteiger partial charge in [0.2, 0.25) is 5.91 Å². The first kappa shape index (κ1) is 17.2. The zero-order valence-corrected chi connectivity index (χ0v) is 14.7. The van der Waals surface area contributed by atoms with Crippen LogP contribution >= 0.6 is 0 Å². The van der Waals surface area contributed by atoms with Crippen LogP contribution in [0.4, 0.5) is 0 Å². The van der Waals surface area contributed by atoms with Gasteiger partial charge in [-0.1, -0.05) is 48.0 Å². The molecule has 1 atom stereocenters. The zero-order valence-electron chi connectivity index (χ0n) is 14.7. The van der Waals surface area contributed by atoms with Crippen LogP contribution in [0.2, 0.25) is 0 Å². The van der Waals surface area contributed by atoms with E-state index in [0.29, 0.717) is 6.54 Å². The number of hydrogen-bond donors (Lipinski definition) is 1. The van der Waals surface area contributed by atoms with Crippen LogP contribution in [0.5, 0.6) is 0 Å². The monoisotopic (exact) mass is 337 g/mol. The number of aryl methyl sites for hydroxylation is 2. The van der Waals surface area contributed by atoms with Crippen molar-refractivity contribution in [3.8, 4) is 0 Å². The first-order valence-electron chi connectivity index (χ1n) is 8.63. The fourth-order valence-corrected chi connectivity index (χ4v) is 3.77. The quantitative estimate of drug-likeness (QED) is 0.926. The lowest BCUT2D eigenvalue weighted by Gasteiger charge is -2.38. The summed E-state index contributed by atoms with van der Waals surface area (Å²) < 4.78 is 0. The maximum absolute atomic E-state index is 12.7. The number of carboxylic acid groups (broad SMARTS) is 1. The highest BCUT2D eigenvalue weighted by Crippen LogP contribution is 2.37. The van der Waals surface area contributed by atoms with Crippen molar-refractivity contribution < 1.29 is 14.7 Å². The van der Waals surface area contributed by atoms with E-state index in [1.807, 2.05) is 35.2 Å². The first-order valence-corrected chi connectivity index (χ1v) is 8.63. The largest absolute Gasteiger partial charge is 0.481 e. The summed E-state index contributed by atoms with van der Waals surface area (Å²) in [5, 5.41) is 8.90. The van der Waals surface area contributed by atoms with E-state index in [0.717, 1.165) is 12.0 Å². The Morgan fingerprint density at radius 3 is 2.52 bits per heavy atom. The molecule has 0 saturated carbocycles. The molecule has 4 heteroatoms. The molecule has 0 aliphatic carbocycles. The molecule has 25 heavy (non-hydrogen) atoms. The Bertz CT molecular complexity index is 798. The molecular formula is C21H23NO3. The summed E-state index contributed by atoms with van der Waals surface area (Å²) in [5.41, 5.74) is 5.98. The molecule has 1 N–H and O–H groups in total. The molecule has 130 valence electrons. The average molecular weight is 337 g/mol. The molecule has 0 bridgehead atoms. The van der Waals surface area contributed by atoms with E-state index in [-0.39, 0.29) is 24.8 Å². The summed E-state index contributed by atoms with van der Waals surface area (Å²) >= 11 is 0. The average Bonchev–Trinajstić information content (AvgIpc) is 2.59. The second kappa shape index (κ2) is 7.09. The number of fused-ring (bicyclic) bond motifs is 1. The Hall–Kier alpha value is -2.62. The molecule has 1 aliphatic rings. The van der Waals surface area contributed by atoms with Crippen molar-refractivity contribution in [1.29, 1.82) is 0 Å². The van der Waals surface area contributed by atoms with Crippen LogP contribution in [0, 0.1) is 13.8 Å². The third-order valence-electron chi connectivity index (χ3n) is 4.85. The summed E-state index contributed by atoms with van der Waals surface area (Å²) in [6, 6.07) is 14.2. The van der Waals surface area contributed by atoms with Gasteiger partial charge in [-0.25, -0.2) is 0 Å². The summed E-state index contributed by atoms with van der Waals surface area (Å²) in [6.07, 6.45) is 0.721. The van der Waals surface area contributed by atoms with Crippen molar-refractivity contribution in [3.05, 3.63) is 70.3 Å². The summed E-state index contributed by atoms with van der Waals surface area (Å²) in [4.78, 5) is 25.4. The Morgan fingerprint density at radius 1 is 1.12 bits per heavy atom. The lowest BCUT2D eigenvalue weighted by molar-refractivity contribution is -0.141. The van der Waals surface area contributed by atoms with Gasteiger partial charge in [0.05, 0.1) is 12.5 Å². The van der Waals surface area contributed by atoms with E-state index in [1.165, 1.54) is 22.3 Å². The minimum absolute atomic E-state index is 0.0405. The van der Waals surface area contributed by atoms with Crippen molar-refractivity contribution >= 4 is 11.9 Å². The van der Waals surface area contributed by atoms with Crippen LogP contribution in [-0.4, -0.2) is 28.4 Å². The Labute approximate surface area is 148 Å². The maximum atomic E-state index is 12.7. The van der Waals surface area contributed by atoms with Crippen molar-refractivity contribution in [2.45, 2.75) is 39.2 Å². The molecule has 0 aromatic heterocycles. The standard InChI is InChI=1S/C21H23NO3/c1-14-12-15(2)17-10-11-22(19(23)8-9-20(24)25)21(18(17)13-14)16-6-4-3-5-7-16/h3-7,12-13,21H,8-11H2,1-2H3,(H,24,25). The minimum Gasteiger partial charge on any atom is -0.481 e. The molecule has 2 aromatic rings. The number of amides is 1. The highest BCUT2D eigenvalue weighted by molar-refractivity contribution is 5.82.